The molecule has 0 radical (unpaired) electrons. The van der Waals surface area contributed by atoms with Crippen LogP contribution >= 0.6 is 0 Å². The summed E-state index contributed by atoms with van der Waals surface area (Å²) in [7, 11) is 0. The van der Waals surface area contributed by atoms with Gasteiger partial charge in [0.15, 0.2) is 0 Å². The fourth-order valence-corrected chi connectivity index (χ4v) is 2.98. The van der Waals surface area contributed by atoms with Gasteiger partial charge in [0.1, 0.15) is 0 Å². The molecule has 86 valence electrons. The summed E-state index contributed by atoms with van der Waals surface area (Å²) in [6.07, 6.45) is 5.59. The van der Waals surface area contributed by atoms with E-state index in [0.717, 1.165) is 45.4 Å². The number of rotatable bonds is 3. The van der Waals surface area contributed by atoms with Gasteiger partial charge in [-0.2, -0.15) is 0 Å². The molecule has 2 heterocycles. The number of hydrogen-bond donors (Lipinski definition) is 1. The minimum absolute atomic E-state index is 0.0565. The van der Waals surface area contributed by atoms with Crippen LogP contribution in [-0.2, 0) is 4.79 Å². The van der Waals surface area contributed by atoms with E-state index in [9.17, 15) is 4.79 Å². The van der Waals surface area contributed by atoms with E-state index < -0.39 is 0 Å². The molecular formula is C12H22N2O. The van der Waals surface area contributed by atoms with E-state index >= 15 is 0 Å². The summed E-state index contributed by atoms with van der Waals surface area (Å²) in [6, 6.07) is 0. The van der Waals surface area contributed by atoms with Crippen LogP contribution in [0.3, 0.4) is 0 Å². The first-order valence-electron chi connectivity index (χ1n) is 6.29. The number of nitrogens with zero attached hydrogens (tertiary/aromatic N) is 1. The molecule has 0 aromatic heterocycles. The van der Waals surface area contributed by atoms with Crippen molar-refractivity contribution in [1.29, 1.82) is 0 Å². The number of amides is 1. The molecule has 0 bridgehead atoms. The smallest absolute Gasteiger partial charge is 0.230 e. The van der Waals surface area contributed by atoms with Crippen LogP contribution in [0.25, 0.3) is 0 Å². The molecule has 15 heavy (non-hydrogen) atoms. The molecule has 3 heteroatoms. The molecule has 2 fully saturated rings. The third-order valence-electron chi connectivity index (χ3n) is 3.82. The van der Waals surface area contributed by atoms with Crippen molar-refractivity contribution in [1.82, 2.24) is 10.2 Å². The summed E-state index contributed by atoms with van der Waals surface area (Å²) in [5, 5.41) is 3.35. The van der Waals surface area contributed by atoms with Gasteiger partial charge in [0.25, 0.3) is 0 Å². The van der Waals surface area contributed by atoms with Gasteiger partial charge in [0, 0.05) is 19.6 Å². The van der Waals surface area contributed by atoms with E-state index in [1.807, 2.05) is 0 Å². The van der Waals surface area contributed by atoms with Crippen molar-refractivity contribution in [2.75, 3.05) is 26.2 Å². The van der Waals surface area contributed by atoms with Crippen molar-refractivity contribution in [3.63, 3.8) is 0 Å². The lowest BCUT2D eigenvalue weighted by molar-refractivity contribution is -0.140. The predicted molar refractivity (Wildman–Crippen MR) is 60.6 cm³/mol. The number of hydrogen-bond acceptors (Lipinski definition) is 2. The monoisotopic (exact) mass is 210 g/mol. The van der Waals surface area contributed by atoms with Gasteiger partial charge >= 0.3 is 0 Å². The fraction of sp³-hybridized carbons (Fsp3) is 0.917. The first-order chi connectivity index (χ1) is 7.28. The number of likely N-dealkylation sites (tertiary alicyclic amines) is 1. The Labute approximate surface area is 92.2 Å². The third kappa shape index (κ3) is 2.03. The van der Waals surface area contributed by atoms with Gasteiger partial charge in [-0.3, -0.25) is 4.79 Å². The van der Waals surface area contributed by atoms with E-state index in [2.05, 4.69) is 17.1 Å². The lowest BCUT2D eigenvalue weighted by Gasteiger charge is -2.31. The highest BCUT2D eigenvalue weighted by Gasteiger charge is 2.43. The second-order valence-electron chi connectivity index (χ2n) is 4.96. The van der Waals surface area contributed by atoms with Gasteiger partial charge in [-0.15, -0.1) is 0 Å². The van der Waals surface area contributed by atoms with Crippen LogP contribution in [0.4, 0.5) is 0 Å². The molecule has 0 aromatic rings. The summed E-state index contributed by atoms with van der Waals surface area (Å²) in [4.78, 5) is 14.5. The third-order valence-corrected chi connectivity index (χ3v) is 3.82. The molecule has 0 saturated carbocycles. The Morgan fingerprint density at radius 2 is 2.13 bits per heavy atom. The Morgan fingerprint density at radius 1 is 1.40 bits per heavy atom. The van der Waals surface area contributed by atoms with Crippen LogP contribution in [0.5, 0.6) is 0 Å². The average Bonchev–Trinajstić information content (AvgIpc) is 2.88. The van der Waals surface area contributed by atoms with Crippen LogP contribution in [0.1, 0.15) is 39.0 Å². The quantitative estimate of drug-likeness (QED) is 0.763. The summed E-state index contributed by atoms with van der Waals surface area (Å²) in [5.41, 5.74) is -0.0565. The molecule has 2 aliphatic heterocycles. The Bertz CT molecular complexity index is 228. The molecule has 0 aliphatic carbocycles. The van der Waals surface area contributed by atoms with E-state index in [4.69, 9.17) is 0 Å². The standard InChI is InChI=1S/C12H22N2O/c1-2-5-12(6-7-13-10-12)11(15)14-8-3-4-9-14/h13H,2-10H2,1H3. The predicted octanol–water partition coefficient (Wildman–Crippen LogP) is 1.39. The average molecular weight is 210 g/mol. The number of carbonyl (C=O) groups excluding carboxylic acids is 1. The Hall–Kier alpha value is -0.570. The van der Waals surface area contributed by atoms with Crippen LogP contribution in [-0.4, -0.2) is 37.0 Å². The van der Waals surface area contributed by atoms with Gasteiger partial charge in [-0.05, 0) is 32.2 Å². The SMILES string of the molecule is CCCC1(C(=O)N2CCCC2)CCNC1. The molecule has 0 spiro atoms. The largest absolute Gasteiger partial charge is 0.342 e. The maximum atomic E-state index is 12.4. The molecule has 3 nitrogen and oxygen atoms in total. The molecule has 0 aromatic carbocycles. The van der Waals surface area contributed by atoms with Crippen LogP contribution < -0.4 is 5.32 Å². The van der Waals surface area contributed by atoms with Gasteiger partial charge in [-0.1, -0.05) is 13.3 Å². The molecule has 2 aliphatic rings. The van der Waals surface area contributed by atoms with Crippen LogP contribution in [0.15, 0.2) is 0 Å². The topological polar surface area (TPSA) is 32.3 Å². The molecule has 1 N–H and O–H groups in total. The number of carbonyl (C=O) groups is 1. The molecule has 2 rings (SSSR count). The zero-order valence-corrected chi connectivity index (χ0v) is 9.72. The maximum absolute atomic E-state index is 12.4. The summed E-state index contributed by atoms with van der Waals surface area (Å²) >= 11 is 0. The fourth-order valence-electron chi connectivity index (χ4n) is 2.98. The minimum Gasteiger partial charge on any atom is -0.342 e. The molecular weight excluding hydrogens is 188 g/mol. The zero-order chi connectivity index (χ0) is 10.7. The summed E-state index contributed by atoms with van der Waals surface area (Å²) in [6.45, 7) is 6.07. The van der Waals surface area contributed by atoms with Crippen molar-refractivity contribution >= 4 is 5.91 Å². The summed E-state index contributed by atoms with van der Waals surface area (Å²) < 4.78 is 0. The normalized spacial score (nSPS) is 31.1. The van der Waals surface area contributed by atoms with Gasteiger partial charge < -0.3 is 10.2 Å². The molecule has 1 amide bonds. The van der Waals surface area contributed by atoms with E-state index in [1.165, 1.54) is 12.8 Å². The van der Waals surface area contributed by atoms with E-state index in [1.54, 1.807) is 0 Å². The van der Waals surface area contributed by atoms with Gasteiger partial charge in [-0.25, -0.2) is 0 Å². The first kappa shape index (κ1) is 10.9. The Kier molecular flexibility index (Phi) is 3.29. The summed E-state index contributed by atoms with van der Waals surface area (Å²) in [5.74, 6) is 0.423. The Balaban J connectivity index is 2.06. The van der Waals surface area contributed by atoms with Crippen molar-refractivity contribution in [2.45, 2.75) is 39.0 Å². The zero-order valence-electron chi connectivity index (χ0n) is 9.72. The highest BCUT2D eigenvalue weighted by Crippen LogP contribution is 2.34. The molecule has 1 atom stereocenters. The molecule has 2 saturated heterocycles. The van der Waals surface area contributed by atoms with Gasteiger partial charge in [0.05, 0.1) is 5.41 Å². The number of nitrogens with one attached hydrogen (secondary N) is 1. The second-order valence-corrected chi connectivity index (χ2v) is 4.96. The first-order valence-corrected chi connectivity index (χ1v) is 6.29. The lowest BCUT2D eigenvalue weighted by Crippen LogP contribution is -2.44. The minimum atomic E-state index is -0.0565. The highest BCUT2D eigenvalue weighted by atomic mass is 16.2. The van der Waals surface area contributed by atoms with E-state index in [0.29, 0.717) is 5.91 Å². The van der Waals surface area contributed by atoms with Crippen molar-refractivity contribution in [3.05, 3.63) is 0 Å². The highest BCUT2D eigenvalue weighted by molar-refractivity contribution is 5.83. The maximum Gasteiger partial charge on any atom is 0.230 e. The van der Waals surface area contributed by atoms with Crippen molar-refractivity contribution < 1.29 is 4.79 Å². The second kappa shape index (κ2) is 4.52. The van der Waals surface area contributed by atoms with E-state index in [-0.39, 0.29) is 5.41 Å². The molecule has 1 unspecified atom stereocenters. The van der Waals surface area contributed by atoms with Gasteiger partial charge in [0.2, 0.25) is 5.91 Å². The lowest BCUT2D eigenvalue weighted by atomic mass is 9.81. The van der Waals surface area contributed by atoms with Crippen LogP contribution in [0, 0.1) is 5.41 Å². The van der Waals surface area contributed by atoms with Crippen molar-refractivity contribution in [2.24, 2.45) is 5.41 Å². The Morgan fingerprint density at radius 3 is 2.67 bits per heavy atom. The van der Waals surface area contributed by atoms with Crippen molar-refractivity contribution in [3.8, 4) is 0 Å². The van der Waals surface area contributed by atoms with Crippen LogP contribution in [0.2, 0.25) is 0 Å².